The van der Waals surface area contributed by atoms with Crippen molar-refractivity contribution in [3.8, 4) is 0 Å². The highest BCUT2D eigenvalue weighted by atomic mass is 79.9. The maximum absolute atomic E-state index is 4.28. The molecule has 0 saturated heterocycles. The summed E-state index contributed by atoms with van der Waals surface area (Å²) in [5.74, 6) is 0. The van der Waals surface area contributed by atoms with Crippen LogP contribution in [0.2, 0.25) is 0 Å². The molecule has 92 valence electrons. The average Bonchev–Trinajstić information content (AvgIpc) is 2.89. The highest BCUT2D eigenvalue weighted by Gasteiger charge is 2.18. The molecule has 0 aliphatic heterocycles. The lowest BCUT2D eigenvalue weighted by molar-refractivity contribution is 0.509. The van der Waals surface area contributed by atoms with Gasteiger partial charge in [-0.3, -0.25) is 4.68 Å². The van der Waals surface area contributed by atoms with E-state index in [9.17, 15) is 0 Å². The van der Waals surface area contributed by atoms with Crippen LogP contribution in [0.5, 0.6) is 0 Å². The van der Waals surface area contributed by atoms with Crippen molar-refractivity contribution < 1.29 is 0 Å². The number of thiophene rings is 1. The number of hydrogen-bond acceptors (Lipinski definition) is 3. The Morgan fingerprint density at radius 1 is 1.59 bits per heavy atom. The van der Waals surface area contributed by atoms with Gasteiger partial charge < -0.3 is 5.32 Å². The van der Waals surface area contributed by atoms with Gasteiger partial charge >= 0.3 is 0 Å². The van der Waals surface area contributed by atoms with Gasteiger partial charge in [0.15, 0.2) is 0 Å². The van der Waals surface area contributed by atoms with Crippen LogP contribution in [0, 0.1) is 0 Å². The van der Waals surface area contributed by atoms with Gasteiger partial charge in [0.2, 0.25) is 0 Å². The number of halogens is 1. The summed E-state index contributed by atoms with van der Waals surface area (Å²) >= 11 is 5.37. The zero-order valence-electron chi connectivity index (χ0n) is 9.98. The van der Waals surface area contributed by atoms with Crippen molar-refractivity contribution in [2.45, 2.75) is 19.4 Å². The second-order valence-electron chi connectivity index (χ2n) is 3.90. The molecule has 0 aliphatic rings. The van der Waals surface area contributed by atoms with Crippen molar-refractivity contribution in [3.63, 3.8) is 0 Å². The lowest BCUT2D eigenvalue weighted by Crippen LogP contribution is -2.25. The van der Waals surface area contributed by atoms with E-state index in [1.165, 1.54) is 10.6 Å². The van der Waals surface area contributed by atoms with Crippen molar-refractivity contribution >= 4 is 27.3 Å². The van der Waals surface area contributed by atoms with Gasteiger partial charge in [-0.1, -0.05) is 13.0 Å². The highest BCUT2D eigenvalue weighted by molar-refractivity contribution is 9.10. The Morgan fingerprint density at radius 2 is 2.41 bits per heavy atom. The lowest BCUT2D eigenvalue weighted by Gasteiger charge is -2.18. The summed E-state index contributed by atoms with van der Waals surface area (Å²) in [7, 11) is 1.98. The molecule has 17 heavy (non-hydrogen) atoms. The molecule has 0 saturated carbocycles. The molecule has 1 unspecified atom stereocenters. The van der Waals surface area contributed by atoms with Gasteiger partial charge in [-0.15, -0.1) is 11.3 Å². The van der Waals surface area contributed by atoms with E-state index in [0.717, 1.165) is 17.4 Å². The van der Waals surface area contributed by atoms with Crippen molar-refractivity contribution in [3.05, 3.63) is 38.8 Å². The zero-order chi connectivity index (χ0) is 12.3. The summed E-state index contributed by atoms with van der Waals surface area (Å²) in [6.07, 6.45) is 2.86. The van der Waals surface area contributed by atoms with Crippen molar-refractivity contribution in [2.75, 3.05) is 6.54 Å². The van der Waals surface area contributed by atoms with E-state index in [1.807, 2.05) is 17.9 Å². The maximum atomic E-state index is 4.28. The predicted octanol–water partition coefficient (Wildman–Crippen LogP) is 3.14. The Morgan fingerprint density at radius 3 is 2.94 bits per heavy atom. The molecule has 0 aromatic carbocycles. The van der Waals surface area contributed by atoms with E-state index in [0.29, 0.717) is 6.04 Å². The van der Waals surface area contributed by atoms with Crippen LogP contribution in [0.1, 0.15) is 23.5 Å². The van der Waals surface area contributed by atoms with Crippen LogP contribution in [0.25, 0.3) is 0 Å². The minimum Gasteiger partial charge on any atom is -0.309 e. The lowest BCUT2D eigenvalue weighted by atomic mass is 10.1. The predicted molar refractivity (Wildman–Crippen MR) is 75.3 cm³/mol. The summed E-state index contributed by atoms with van der Waals surface area (Å²) in [6.45, 7) is 3.08. The summed E-state index contributed by atoms with van der Waals surface area (Å²) < 4.78 is 3.01. The van der Waals surface area contributed by atoms with E-state index >= 15 is 0 Å². The Hall–Kier alpha value is -0.650. The number of likely N-dealkylation sites (N-methyl/N-ethyl adjacent to an activating group) is 1. The van der Waals surface area contributed by atoms with Crippen molar-refractivity contribution in [1.29, 1.82) is 0 Å². The third kappa shape index (κ3) is 2.97. The van der Waals surface area contributed by atoms with Crippen LogP contribution in [0.4, 0.5) is 0 Å². The van der Waals surface area contributed by atoms with Crippen LogP contribution in [0.3, 0.4) is 0 Å². The van der Waals surface area contributed by atoms with Crippen molar-refractivity contribution in [1.82, 2.24) is 15.1 Å². The summed E-state index contributed by atoms with van der Waals surface area (Å²) in [5, 5.41) is 9.92. The molecule has 0 fully saturated rings. The molecule has 2 aromatic heterocycles. The highest BCUT2D eigenvalue weighted by Crippen LogP contribution is 2.26. The zero-order valence-corrected chi connectivity index (χ0v) is 12.4. The van der Waals surface area contributed by atoms with Crippen LogP contribution >= 0.6 is 27.3 Å². The first kappa shape index (κ1) is 12.8. The van der Waals surface area contributed by atoms with Crippen LogP contribution in [-0.4, -0.2) is 16.3 Å². The maximum Gasteiger partial charge on any atom is 0.0696 e. The van der Waals surface area contributed by atoms with E-state index in [-0.39, 0.29) is 0 Å². The van der Waals surface area contributed by atoms with Gasteiger partial charge in [-0.2, -0.15) is 5.10 Å². The normalized spacial score (nSPS) is 12.9. The molecule has 2 heterocycles. The van der Waals surface area contributed by atoms with E-state index in [1.54, 1.807) is 11.3 Å². The molecule has 0 amide bonds. The average molecular weight is 314 g/mol. The smallest absolute Gasteiger partial charge is 0.0696 e. The second-order valence-corrected chi connectivity index (χ2v) is 5.78. The molecule has 0 aliphatic carbocycles. The molecule has 0 bridgehead atoms. The Labute approximate surface area is 114 Å². The topological polar surface area (TPSA) is 29.9 Å². The molecule has 2 rings (SSSR count). The summed E-state index contributed by atoms with van der Waals surface area (Å²) in [5.41, 5.74) is 1.21. The molecule has 5 heteroatoms. The monoisotopic (exact) mass is 313 g/mol. The molecule has 3 nitrogen and oxygen atoms in total. The Balaban J connectivity index is 2.23. The Bertz CT molecular complexity index is 445. The molecular weight excluding hydrogens is 298 g/mol. The molecule has 0 radical (unpaired) electrons. The fourth-order valence-corrected chi connectivity index (χ4v) is 3.33. The van der Waals surface area contributed by atoms with Gasteiger partial charge in [0.25, 0.3) is 0 Å². The minimum absolute atomic E-state index is 0.306. The molecule has 2 aromatic rings. The largest absolute Gasteiger partial charge is 0.309 e. The van der Waals surface area contributed by atoms with Gasteiger partial charge in [0.1, 0.15) is 0 Å². The number of nitrogens with zero attached hydrogens (tertiary/aromatic N) is 2. The molecule has 1 atom stereocenters. The fraction of sp³-hybridized carbons (Fsp3) is 0.417. The Kier molecular flexibility index (Phi) is 4.36. The second kappa shape index (κ2) is 5.80. The summed E-state index contributed by atoms with van der Waals surface area (Å²) in [6, 6.07) is 4.58. The first-order valence-electron chi connectivity index (χ1n) is 5.65. The first-order chi connectivity index (χ1) is 8.22. The molecule has 0 spiro atoms. The van der Waals surface area contributed by atoms with Crippen LogP contribution < -0.4 is 5.32 Å². The van der Waals surface area contributed by atoms with E-state index < -0.39 is 0 Å². The van der Waals surface area contributed by atoms with Gasteiger partial charge in [0, 0.05) is 18.3 Å². The SMILES string of the molecule is CCNC(Cc1cccs1)c1c(Br)cnn1C. The number of nitrogens with one attached hydrogen (secondary N) is 1. The number of aromatic nitrogens is 2. The quantitative estimate of drug-likeness (QED) is 0.919. The standard InChI is InChI=1S/C12H16BrN3S/c1-3-14-11(7-9-5-4-6-17-9)12-10(13)8-15-16(12)2/h4-6,8,11,14H,3,7H2,1-2H3. The van der Waals surface area contributed by atoms with E-state index in [4.69, 9.17) is 0 Å². The number of hydrogen-bond donors (Lipinski definition) is 1. The van der Waals surface area contributed by atoms with E-state index in [2.05, 4.69) is 50.8 Å². The van der Waals surface area contributed by atoms with Crippen LogP contribution in [-0.2, 0) is 13.5 Å². The molecule has 1 N–H and O–H groups in total. The van der Waals surface area contributed by atoms with Gasteiger partial charge in [-0.05, 0) is 33.9 Å². The van der Waals surface area contributed by atoms with Crippen molar-refractivity contribution in [2.24, 2.45) is 7.05 Å². The minimum atomic E-state index is 0.306. The fourth-order valence-electron chi connectivity index (χ4n) is 1.95. The summed E-state index contributed by atoms with van der Waals surface area (Å²) in [4.78, 5) is 1.39. The number of aryl methyl sites for hydroxylation is 1. The number of rotatable bonds is 5. The van der Waals surface area contributed by atoms with Crippen LogP contribution in [0.15, 0.2) is 28.2 Å². The first-order valence-corrected chi connectivity index (χ1v) is 7.32. The third-order valence-corrected chi connectivity index (χ3v) is 4.21. The third-order valence-electron chi connectivity index (χ3n) is 2.70. The van der Waals surface area contributed by atoms with Gasteiger partial charge in [-0.25, -0.2) is 0 Å². The van der Waals surface area contributed by atoms with Gasteiger partial charge in [0.05, 0.1) is 22.4 Å². The molecular formula is C12H16BrN3S.